The maximum absolute atomic E-state index is 10.6. The van der Waals surface area contributed by atoms with E-state index in [2.05, 4.69) is 4.98 Å². The van der Waals surface area contributed by atoms with Crippen molar-refractivity contribution in [2.45, 2.75) is 25.9 Å². The summed E-state index contributed by atoms with van der Waals surface area (Å²) in [5.74, 6) is -0.137. The molecule has 0 unspecified atom stereocenters. The van der Waals surface area contributed by atoms with E-state index >= 15 is 0 Å². The summed E-state index contributed by atoms with van der Waals surface area (Å²) in [6.07, 6.45) is 3.52. The monoisotopic (exact) mass is 271 g/mol. The number of aliphatic carboxylic acids is 1. The van der Waals surface area contributed by atoms with Crippen molar-refractivity contribution in [3.8, 4) is 5.75 Å². The van der Waals surface area contributed by atoms with Crippen LogP contribution in [0.1, 0.15) is 25.0 Å². The zero-order valence-corrected chi connectivity index (χ0v) is 11.5. The average molecular weight is 271 g/mol. The number of ether oxygens (including phenoxy) is 1. The summed E-state index contributed by atoms with van der Waals surface area (Å²) >= 11 is 0. The third kappa shape index (κ3) is 3.57. The molecule has 1 heterocycles. The minimum atomic E-state index is -0.839. The first-order valence-electron chi connectivity index (χ1n) is 6.37. The molecule has 2 rings (SSSR count). The summed E-state index contributed by atoms with van der Waals surface area (Å²) in [6, 6.07) is 10.9. The van der Waals surface area contributed by atoms with Crippen LogP contribution in [0.5, 0.6) is 5.75 Å². The lowest BCUT2D eigenvalue weighted by molar-refractivity contribution is -0.136. The predicted octanol–water partition coefficient (Wildman–Crippen LogP) is 3.02. The Morgan fingerprint density at radius 1 is 1.25 bits per heavy atom. The van der Waals surface area contributed by atoms with E-state index in [9.17, 15) is 4.79 Å². The Balaban J connectivity index is 2.11. The highest BCUT2D eigenvalue weighted by Gasteiger charge is 2.22. The number of pyridine rings is 1. The number of carbonyl (C=O) groups is 1. The SMILES string of the molecule is CC(C)(Oc1ccc(CC(=O)O)cc1)c1cccnc1. The summed E-state index contributed by atoms with van der Waals surface area (Å²) in [4.78, 5) is 14.7. The Bertz CT molecular complexity index is 576. The van der Waals surface area contributed by atoms with Gasteiger partial charge in [-0.05, 0) is 37.6 Å². The molecule has 0 amide bonds. The van der Waals surface area contributed by atoms with Gasteiger partial charge < -0.3 is 9.84 Å². The van der Waals surface area contributed by atoms with Crippen molar-refractivity contribution in [2.75, 3.05) is 0 Å². The van der Waals surface area contributed by atoms with Crippen LogP contribution in [-0.2, 0) is 16.8 Å². The zero-order chi connectivity index (χ0) is 14.6. The molecule has 0 saturated carbocycles. The maximum Gasteiger partial charge on any atom is 0.307 e. The van der Waals surface area contributed by atoms with Crippen molar-refractivity contribution in [3.63, 3.8) is 0 Å². The van der Waals surface area contributed by atoms with Crippen LogP contribution in [-0.4, -0.2) is 16.1 Å². The van der Waals surface area contributed by atoms with Crippen LogP contribution in [0.2, 0.25) is 0 Å². The molecule has 0 spiro atoms. The smallest absolute Gasteiger partial charge is 0.307 e. The Labute approximate surface area is 118 Å². The Morgan fingerprint density at radius 2 is 1.95 bits per heavy atom. The van der Waals surface area contributed by atoms with Crippen LogP contribution in [0.4, 0.5) is 0 Å². The molecule has 2 aromatic rings. The standard InChI is InChI=1S/C16H17NO3/c1-16(2,13-4-3-9-17-11-13)20-14-7-5-12(6-8-14)10-15(18)19/h3-9,11H,10H2,1-2H3,(H,18,19). The van der Waals surface area contributed by atoms with E-state index in [4.69, 9.17) is 9.84 Å². The molecule has 4 nitrogen and oxygen atoms in total. The van der Waals surface area contributed by atoms with Crippen LogP contribution < -0.4 is 4.74 Å². The Morgan fingerprint density at radius 3 is 2.50 bits per heavy atom. The first-order chi connectivity index (χ1) is 9.47. The van der Waals surface area contributed by atoms with E-state index in [1.54, 1.807) is 36.7 Å². The first kappa shape index (κ1) is 14.1. The largest absolute Gasteiger partial charge is 0.483 e. The fourth-order valence-electron chi connectivity index (χ4n) is 1.92. The van der Waals surface area contributed by atoms with Gasteiger partial charge in [-0.2, -0.15) is 0 Å². The Hall–Kier alpha value is -2.36. The summed E-state index contributed by atoms with van der Waals surface area (Å²) in [6.45, 7) is 3.93. The van der Waals surface area contributed by atoms with E-state index in [0.717, 1.165) is 11.1 Å². The van der Waals surface area contributed by atoms with Crippen molar-refractivity contribution in [1.29, 1.82) is 0 Å². The number of aromatic nitrogens is 1. The number of hydrogen-bond acceptors (Lipinski definition) is 3. The third-order valence-electron chi connectivity index (χ3n) is 3.01. The van der Waals surface area contributed by atoms with Crippen LogP contribution >= 0.6 is 0 Å². The molecule has 0 radical (unpaired) electrons. The second kappa shape index (κ2) is 5.74. The molecule has 1 aromatic carbocycles. The first-order valence-corrected chi connectivity index (χ1v) is 6.37. The number of benzene rings is 1. The summed E-state index contributed by atoms with van der Waals surface area (Å²) in [5, 5.41) is 8.73. The highest BCUT2D eigenvalue weighted by atomic mass is 16.5. The van der Waals surface area contributed by atoms with Crippen molar-refractivity contribution >= 4 is 5.97 Å². The molecular weight excluding hydrogens is 254 g/mol. The minimum absolute atomic E-state index is 0.0201. The van der Waals surface area contributed by atoms with Crippen molar-refractivity contribution < 1.29 is 14.6 Å². The third-order valence-corrected chi connectivity index (χ3v) is 3.01. The molecule has 1 N–H and O–H groups in total. The van der Waals surface area contributed by atoms with Gasteiger partial charge in [0.25, 0.3) is 0 Å². The highest BCUT2D eigenvalue weighted by molar-refractivity contribution is 5.70. The van der Waals surface area contributed by atoms with Gasteiger partial charge in [-0.15, -0.1) is 0 Å². The molecule has 0 fully saturated rings. The van der Waals surface area contributed by atoms with Crippen molar-refractivity contribution in [3.05, 3.63) is 59.9 Å². The van der Waals surface area contributed by atoms with Gasteiger partial charge in [0.05, 0.1) is 6.42 Å². The van der Waals surface area contributed by atoms with Crippen LogP contribution in [0.3, 0.4) is 0 Å². The zero-order valence-electron chi connectivity index (χ0n) is 11.5. The van der Waals surface area contributed by atoms with Gasteiger partial charge in [0, 0.05) is 18.0 Å². The second-order valence-electron chi connectivity index (χ2n) is 5.07. The molecule has 0 aliphatic rings. The van der Waals surface area contributed by atoms with Gasteiger partial charge in [0.2, 0.25) is 0 Å². The lowest BCUT2D eigenvalue weighted by atomic mass is 10.00. The Kier molecular flexibility index (Phi) is 4.03. The van der Waals surface area contributed by atoms with Gasteiger partial charge in [-0.25, -0.2) is 0 Å². The lowest BCUT2D eigenvalue weighted by Gasteiger charge is -2.26. The number of hydrogen-bond donors (Lipinski definition) is 1. The lowest BCUT2D eigenvalue weighted by Crippen LogP contribution is -2.25. The average Bonchev–Trinajstić information content (AvgIpc) is 2.41. The fraction of sp³-hybridized carbons (Fsp3) is 0.250. The van der Waals surface area contributed by atoms with E-state index in [1.807, 2.05) is 26.0 Å². The van der Waals surface area contributed by atoms with Crippen molar-refractivity contribution in [1.82, 2.24) is 4.98 Å². The minimum Gasteiger partial charge on any atom is -0.483 e. The van der Waals surface area contributed by atoms with E-state index in [0.29, 0.717) is 5.75 Å². The second-order valence-corrected chi connectivity index (χ2v) is 5.07. The maximum atomic E-state index is 10.6. The van der Waals surface area contributed by atoms with E-state index in [1.165, 1.54) is 0 Å². The highest BCUT2D eigenvalue weighted by Crippen LogP contribution is 2.27. The molecule has 0 aliphatic heterocycles. The summed E-state index contributed by atoms with van der Waals surface area (Å²) < 4.78 is 5.96. The molecule has 1 aromatic heterocycles. The number of rotatable bonds is 5. The van der Waals surface area contributed by atoms with Crippen LogP contribution in [0.15, 0.2) is 48.8 Å². The number of carboxylic acids is 1. The molecule has 0 bridgehead atoms. The molecule has 4 heteroatoms. The normalized spacial score (nSPS) is 11.1. The van der Waals surface area contributed by atoms with Gasteiger partial charge in [0.15, 0.2) is 0 Å². The van der Waals surface area contributed by atoms with Crippen molar-refractivity contribution in [2.24, 2.45) is 0 Å². The van der Waals surface area contributed by atoms with Gasteiger partial charge in [0.1, 0.15) is 11.4 Å². The van der Waals surface area contributed by atoms with Gasteiger partial charge >= 0.3 is 5.97 Å². The molecule has 0 aliphatic carbocycles. The van der Waals surface area contributed by atoms with E-state index in [-0.39, 0.29) is 6.42 Å². The summed E-state index contributed by atoms with van der Waals surface area (Å²) in [7, 11) is 0. The van der Waals surface area contributed by atoms with E-state index < -0.39 is 11.6 Å². The molecular formula is C16H17NO3. The topological polar surface area (TPSA) is 59.4 Å². The van der Waals surface area contributed by atoms with Gasteiger partial charge in [-0.3, -0.25) is 9.78 Å². The van der Waals surface area contributed by atoms with Crippen LogP contribution in [0, 0.1) is 0 Å². The molecule has 0 saturated heterocycles. The van der Waals surface area contributed by atoms with Crippen LogP contribution in [0.25, 0.3) is 0 Å². The molecule has 104 valence electrons. The summed E-state index contributed by atoms with van der Waals surface area (Å²) in [5.41, 5.74) is 1.24. The molecule has 20 heavy (non-hydrogen) atoms. The number of nitrogens with zero attached hydrogens (tertiary/aromatic N) is 1. The fourth-order valence-corrected chi connectivity index (χ4v) is 1.92. The number of carboxylic acid groups (broad SMARTS) is 1. The predicted molar refractivity (Wildman–Crippen MR) is 75.7 cm³/mol. The molecule has 0 atom stereocenters. The van der Waals surface area contributed by atoms with Gasteiger partial charge in [-0.1, -0.05) is 18.2 Å². The quantitative estimate of drug-likeness (QED) is 0.908.